The van der Waals surface area contributed by atoms with E-state index in [0.717, 1.165) is 18.4 Å². The summed E-state index contributed by atoms with van der Waals surface area (Å²) in [7, 11) is 0. The predicted octanol–water partition coefficient (Wildman–Crippen LogP) is 3.34. The van der Waals surface area contributed by atoms with Crippen molar-refractivity contribution in [2.75, 3.05) is 13.2 Å². The third kappa shape index (κ3) is 5.01. The first kappa shape index (κ1) is 26.8. The zero-order chi connectivity index (χ0) is 27.6. The molecule has 2 atom stereocenters. The fourth-order valence-electron chi connectivity index (χ4n) is 5.84. The molecule has 10 heteroatoms. The van der Waals surface area contributed by atoms with Gasteiger partial charge in [0.25, 0.3) is 5.56 Å². The number of Topliss-reactive ketones (excluding diaryl/α,β-unsaturated/α-hetero) is 2. The molecule has 0 bridgehead atoms. The number of ether oxygens (including phenoxy) is 2. The molecule has 1 saturated heterocycles. The Kier molecular flexibility index (Phi) is 7.65. The van der Waals surface area contributed by atoms with Gasteiger partial charge in [0.15, 0.2) is 11.6 Å². The molecule has 10 nitrogen and oxygen atoms in total. The fraction of sp³-hybridized carbons (Fsp3) is 0.483. The molecule has 1 aliphatic carbocycles. The van der Waals surface area contributed by atoms with Crippen molar-refractivity contribution < 1.29 is 23.9 Å². The van der Waals surface area contributed by atoms with Gasteiger partial charge < -0.3 is 20.2 Å². The van der Waals surface area contributed by atoms with Crippen molar-refractivity contribution in [2.45, 2.75) is 70.6 Å². The number of rotatable bonds is 7. The monoisotopic (exact) mass is 534 g/mol. The van der Waals surface area contributed by atoms with Crippen LogP contribution in [0.4, 0.5) is 4.79 Å². The van der Waals surface area contributed by atoms with Gasteiger partial charge in [-0.2, -0.15) is 0 Å². The Morgan fingerprint density at radius 1 is 1.23 bits per heavy atom. The zero-order valence-electron chi connectivity index (χ0n) is 22.2. The minimum Gasteiger partial charge on any atom is -0.445 e. The Balaban J connectivity index is 1.49. The fourth-order valence-corrected chi connectivity index (χ4v) is 5.84. The van der Waals surface area contributed by atoms with E-state index in [2.05, 4.69) is 4.98 Å². The molecule has 2 aromatic rings. The van der Waals surface area contributed by atoms with Crippen molar-refractivity contribution in [3.63, 3.8) is 0 Å². The van der Waals surface area contributed by atoms with Crippen LogP contribution in [0, 0.1) is 5.92 Å². The summed E-state index contributed by atoms with van der Waals surface area (Å²) in [5.74, 6) is -0.976. The smallest absolute Gasteiger partial charge is 0.411 e. The number of ketones is 2. The first-order valence-electron chi connectivity index (χ1n) is 13.6. The number of H-pyrrole nitrogens is 1. The SMILES string of the molecule is CCC/C(C(=O)C1CCCCC1=O)=C(/N)c1nc2c(c(=O)[nH]1)CN(C(=O)OCc1ccccc1)C21CCOC1. The van der Waals surface area contributed by atoms with Crippen LogP contribution >= 0.6 is 0 Å². The van der Waals surface area contributed by atoms with Crippen LogP contribution in [-0.4, -0.2) is 45.7 Å². The standard InChI is InChI=1S/C29H34N4O6/c1-2-8-20(24(35)19-11-6-7-12-22(19)34)23(30)26-31-25-21(27(36)32-26)15-33(29(25)13-14-38-17-29)28(37)39-16-18-9-4-3-5-10-18/h3-5,9-10,19H,2,6-8,11-17,30H2,1H3,(H,31,32,36)/b23-20-. The highest BCUT2D eigenvalue weighted by Crippen LogP contribution is 2.43. The number of nitrogens with two attached hydrogens (primary N) is 1. The highest BCUT2D eigenvalue weighted by Gasteiger charge is 2.53. The van der Waals surface area contributed by atoms with Crippen molar-refractivity contribution in [1.29, 1.82) is 0 Å². The van der Waals surface area contributed by atoms with Gasteiger partial charge in [0, 0.05) is 25.0 Å². The summed E-state index contributed by atoms with van der Waals surface area (Å²) < 4.78 is 11.3. The van der Waals surface area contributed by atoms with Crippen LogP contribution < -0.4 is 11.3 Å². The quantitative estimate of drug-likeness (QED) is 0.406. The first-order chi connectivity index (χ1) is 18.9. The normalized spacial score (nSPS) is 23.1. The maximum absolute atomic E-state index is 13.4. The van der Waals surface area contributed by atoms with Gasteiger partial charge >= 0.3 is 6.09 Å². The van der Waals surface area contributed by atoms with E-state index in [9.17, 15) is 19.2 Å². The second-order valence-electron chi connectivity index (χ2n) is 10.5. The number of nitrogens with zero attached hydrogens (tertiary/aromatic N) is 2. The van der Waals surface area contributed by atoms with Crippen LogP contribution in [0.15, 0.2) is 40.7 Å². The van der Waals surface area contributed by atoms with Crippen LogP contribution in [0.1, 0.15) is 74.5 Å². The lowest BCUT2D eigenvalue weighted by Gasteiger charge is -2.32. The van der Waals surface area contributed by atoms with Crippen molar-refractivity contribution >= 4 is 23.4 Å². The summed E-state index contributed by atoms with van der Waals surface area (Å²) in [5.41, 5.74) is 7.10. The molecule has 5 rings (SSSR count). The first-order valence-corrected chi connectivity index (χ1v) is 13.6. The third-order valence-electron chi connectivity index (χ3n) is 7.96. The summed E-state index contributed by atoms with van der Waals surface area (Å²) in [6.07, 6.45) is 3.38. The molecule has 3 N–H and O–H groups in total. The minimum atomic E-state index is -0.972. The zero-order valence-corrected chi connectivity index (χ0v) is 22.2. The number of fused-ring (bicyclic) bond motifs is 2. The molecule has 0 radical (unpaired) electrons. The van der Waals surface area contributed by atoms with E-state index >= 15 is 0 Å². The van der Waals surface area contributed by atoms with Gasteiger partial charge in [-0.3, -0.25) is 19.3 Å². The molecule has 1 aromatic carbocycles. The number of amides is 1. The number of carbonyl (C=O) groups excluding carboxylic acids is 3. The minimum absolute atomic E-state index is 0.0237. The van der Waals surface area contributed by atoms with Crippen LogP contribution in [-0.2, 0) is 37.8 Å². The summed E-state index contributed by atoms with van der Waals surface area (Å²) in [6, 6.07) is 9.35. The molecular weight excluding hydrogens is 500 g/mol. The van der Waals surface area contributed by atoms with Gasteiger partial charge in [0.1, 0.15) is 17.9 Å². The molecule has 1 saturated carbocycles. The van der Waals surface area contributed by atoms with Crippen LogP contribution in [0.5, 0.6) is 0 Å². The number of hydrogen-bond donors (Lipinski definition) is 2. The van der Waals surface area contributed by atoms with E-state index in [1.54, 1.807) is 0 Å². The molecule has 2 fully saturated rings. The Bertz CT molecular complexity index is 1360. The molecule has 2 unspecified atom stereocenters. The Labute approximate surface area is 226 Å². The van der Waals surface area contributed by atoms with E-state index in [4.69, 9.17) is 20.2 Å². The lowest BCUT2D eigenvalue weighted by molar-refractivity contribution is -0.132. The molecule has 3 aliphatic rings. The van der Waals surface area contributed by atoms with Gasteiger partial charge in [-0.05, 0) is 24.8 Å². The Hall–Kier alpha value is -3.79. The number of hydrogen-bond acceptors (Lipinski definition) is 8. The summed E-state index contributed by atoms with van der Waals surface area (Å²) in [6.45, 7) is 2.59. The lowest BCUT2D eigenvalue weighted by Crippen LogP contribution is -2.46. The van der Waals surface area contributed by atoms with Crippen LogP contribution in [0.2, 0.25) is 0 Å². The maximum atomic E-state index is 13.4. The summed E-state index contributed by atoms with van der Waals surface area (Å²) in [5, 5.41) is 0. The molecule has 1 amide bonds. The molecule has 1 aromatic heterocycles. The van der Waals surface area contributed by atoms with Crippen molar-refractivity contribution in [2.24, 2.45) is 11.7 Å². The Morgan fingerprint density at radius 2 is 2.03 bits per heavy atom. The van der Waals surface area contributed by atoms with E-state index < -0.39 is 23.1 Å². The van der Waals surface area contributed by atoms with Gasteiger partial charge in [0.2, 0.25) is 0 Å². The van der Waals surface area contributed by atoms with Crippen LogP contribution in [0.3, 0.4) is 0 Å². The van der Waals surface area contributed by atoms with Gasteiger partial charge in [-0.25, -0.2) is 9.78 Å². The van der Waals surface area contributed by atoms with E-state index in [1.165, 1.54) is 4.90 Å². The number of aromatic amines is 1. The van der Waals surface area contributed by atoms with Crippen molar-refractivity contribution in [3.8, 4) is 0 Å². The third-order valence-corrected chi connectivity index (χ3v) is 7.96. The highest BCUT2D eigenvalue weighted by atomic mass is 16.6. The molecule has 2 aliphatic heterocycles. The number of benzene rings is 1. The average molecular weight is 535 g/mol. The highest BCUT2D eigenvalue weighted by molar-refractivity contribution is 6.13. The average Bonchev–Trinajstić information content (AvgIpc) is 3.57. The second kappa shape index (κ2) is 11.1. The van der Waals surface area contributed by atoms with Crippen LogP contribution in [0.25, 0.3) is 5.70 Å². The van der Waals surface area contributed by atoms with E-state index in [1.807, 2.05) is 37.3 Å². The Morgan fingerprint density at radius 3 is 2.72 bits per heavy atom. The van der Waals surface area contributed by atoms with E-state index in [0.29, 0.717) is 55.5 Å². The van der Waals surface area contributed by atoms with Crippen molar-refractivity contribution in [3.05, 3.63) is 68.9 Å². The molecule has 3 heterocycles. The molecule has 39 heavy (non-hydrogen) atoms. The van der Waals surface area contributed by atoms with Gasteiger partial charge in [-0.15, -0.1) is 0 Å². The summed E-state index contributed by atoms with van der Waals surface area (Å²) >= 11 is 0. The number of aromatic nitrogens is 2. The molecule has 1 spiro atoms. The number of allylic oxidation sites excluding steroid dienone is 1. The van der Waals surface area contributed by atoms with E-state index in [-0.39, 0.29) is 42.8 Å². The maximum Gasteiger partial charge on any atom is 0.411 e. The second-order valence-corrected chi connectivity index (χ2v) is 10.5. The number of carbonyl (C=O) groups is 3. The van der Waals surface area contributed by atoms with Crippen molar-refractivity contribution in [1.82, 2.24) is 14.9 Å². The van der Waals surface area contributed by atoms with Gasteiger partial charge in [0.05, 0.1) is 36.0 Å². The predicted molar refractivity (Wildman–Crippen MR) is 142 cm³/mol. The molecular formula is C29H34N4O6. The number of nitrogens with one attached hydrogen (secondary N) is 1. The largest absolute Gasteiger partial charge is 0.445 e. The molecule has 206 valence electrons. The lowest BCUT2D eigenvalue weighted by atomic mass is 9.81. The van der Waals surface area contributed by atoms with Gasteiger partial charge in [-0.1, -0.05) is 50.1 Å². The topological polar surface area (TPSA) is 145 Å². The summed E-state index contributed by atoms with van der Waals surface area (Å²) in [4.78, 5) is 61.5.